The number of rotatable bonds is 4. The minimum Gasteiger partial charge on any atom is -0.467 e. The molecule has 0 fully saturated rings. The van der Waals surface area contributed by atoms with E-state index in [9.17, 15) is 8.42 Å². The van der Waals surface area contributed by atoms with E-state index in [4.69, 9.17) is 4.42 Å². The summed E-state index contributed by atoms with van der Waals surface area (Å²) >= 11 is 0. The van der Waals surface area contributed by atoms with Crippen LogP contribution in [-0.4, -0.2) is 20.2 Å². The molecule has 20 heavy (non-hydrogen) atoms. The smallest absolute Gasteiger partial charge is 0.173 e. The monoisotopic (exact) mass is 289 g/mol. The van der Waals surface area contributed by atoms with Gasteiger partial charge in [0.2, 0.25) is 0 Å². The average Bonchev–Trinajstić information content (AvgIpc) is 3.06. The molecule has 5 heteroatoms. The Hall–Kier alpha value is -1.85. The Kier molecular flexibility index (Phi) is 3.46. The van der Waals surface area contributed by atoms with E-state index in [1.54, 1.807) is 12.3 Å². The zero-order valence-corrected chi connectivity index (χ0v) is 11.6. The topological polar surface area (TPSA) is 59.3 Å². The molecule has 1 aromatic heterocycles. The summed E-state index contributed by atoms with van der Waals surface area (Å²) in [6.45, 7) is 0. The molecule has 2 atom stereocenters. The number of benzene rings is 1. The molecular formula is C15H15NO3S. The Bertz CT molecular complexity index is 690. The third kappa shape index (κ3) is 2.84. The molecule has 0 radical (unpaired) electrons. The molecule has 0 spiro atoms. The number of hydrogen-bond donors (Lipinski definition) is 1. The zero-order valence-electron chi connectivity index (χ0n) is 10.8. The lowest BCUT2D eigenvalue weighted by Crippen LogP contribution is -2.34. The standard InChI is InChI=1S/C15H15NO3S/c17-20(18)10-8-13(11-20)16-15(14-7-4-9-19-14)12-5-2-1-3-6-12/h1-10,13,15-16H,11H2. The minimum absolute atomic E-state index is 0.0943. The minimum atomic E-state index is -3.07. The largest absolute Gasteiger partial charge is 0.467 e. The molecule has 3 rings (SSSR count). The summed E-state index contributed by atoms with van der Waals surface area (Å²) in [6.07, 6.45) is 3.31. The summed E-state index contributed by atoms with van der Waals surface area (Å²) in [6, 6.07) is 13.2. The van der Waals surface area contributed by atoms with Gasteiger partial charge in [-0.25, -0.2) is 8.42 Å². The van der Waals surface area contributed by atoms with Crippen LogP contribution in [0.5, 0.6) is 0 Å². The van der Waals surface area contributed by atoms with E-state index in [-0.39, 0.29) is 17.8 Å². The van der Waals surface area contributed by atoms with E-state index in [2.05, 4.69) is 5.32 Å². The van der Waals surface area contributed by atoms with Crippen LogP contribution in [0.1, 0.15) is 17.4 Å². The zero-order chi connectivity index (χ0) is 14.0. The van der Waals surface area contributed by atoms with Gasteiger partial charge in [0.05, 0.1) is 18.1 Å². The Morgan fingerprint density at radius 2 is 1.95 bits per heavy atom. The molecule has 0 aliphatic carbocycles. The van der Waals surface area contributed by atoms with Gasteiger partial charge in [0.25, 0.3) is 0 Å². The van der Waals surface area contributed by atoms with Crippen molar-refractivity contribution in [1.82, 2.24) is 5.32 Å². The fourth-order valence-electron chi connectivity index (χ4n) is 2.34. The summed E-state index contributed by atoms with van der Waals surface area (Å²) in [4.78, 5) is 0. The first-order chi connectivity index (χ1) is 9.64. The molecule has 104 valence electrons. The van der Waals surface area contributed by atoms with Crippen LogP contribution in [0.25, 0.3) is 0 Å². The van der Waals surface area contributed by atoms with Crippen molar-refractivity contribution in [3.63, 3.8) is 0 Å². The van der Waals surface area contributed by atoms with Crippen LogP contribution in [0.3, 0.4) is 0 Å². The maximum absolute atomic E-state index is 11.5. The second-order valence-corrected chi connectivity index (χ2v) is 6.72. The van der Waals surface area contributed by atoms with Crippen LogP contribution >= 0.6 is 0 Å². The summed E-state index contributed by atoms with van der Waals surface area (Å²) in [5.74, 6) is 0.866. The van der Waals surface area contributed by atoms with Gasteiger partial charge in [0, 0.05) is 11.4 Å². The summed E-state index contributed by atoms with van der Waals surface area (Å²) < 4.78 is 28.5. The molecule has 0 bridgehead atoms. The third-order valence-electron chi connectivity index (χ3n) is 3.27. The second kappa shape index (κ2) is 5.26. The fourth-order valence-corrected chi connectivity index (χ4v) is 3.59. The van der Waals surface area contributed by atoms with Crippen molar-refractivity contribution < 1.29 is 12.8 Å². The van der Waals surface area contributed by atoms with Gasteiger partial charge in [0.15, 0.2) is 9.84 Å². The van der Waals surface area contributed by atoms with Gasteiger partial charge in [-0.3, -0.25) is 5.32 Å². The molecule has 1 aliphatic rings. The van der Waals surface area contributed by atoms with Crippen LogP contribution in [0.2, 0.25) is 0 Å². The van der Waals surface area contributed by atoms with Gasteiger partial charge in [0.1, 0.15) is 5.76 Å². The normalized spacial score (nSPS) is 21.9. The highest BCUT2D eigenvalue weighted by molar-refractivity contribution is 7.94. The van der Waals surface area contributed by atoms with Crippen molar-refractivity contribution >= 4 is 9.84 Å². The van der Waals surface area contributed by atoms with Crippen molar-refractivity contribution in [2.45, 2.75) is 12.1 Å². The molecule has 0 saturated heterocycles. The molecule has 0 amide bonds. The highest BCUT2D eigenvalue weighted by Crippen LogP contribution is 2.24. The van der Waals surface area contributed by atoms with Gasteiger partial charge in [-0.2, -0.15) is 0 Å². The van der Waals surface area contributed by atoms with Gasteiger partial charge in [-0.1, -0.05) is 36.4 Å². The SMILES string of the molecule is O=S1(=O)C=CC(NC(c2ccccc2)c2ccco2)C1. The molecule has 2 heterocycles. The summed E-state index contributed by atoms with van der Waals surface area (Å²) in [5.41, 5.74) is 1.04. The van der Waals surface area contributed by atoms with E-state index < -0.39 is 9.84 Å². The molecule has 2 aromatic rings. The quantitative estimate of drug-likeness (QED) is 0.938. The Morgan fingerprint density at radius 3 is 2.55 bits per heavy atom. The molecule has 1 aliphatic heterocycles. The van der Waals surface area contributed by atoms with E-state index >= 15 is 0 Å². The Morgan fingerprint density at radius 1 is 1.15 bits per heavy atom. The lowest BCUT2D eigenvalue weighted by atomic mass is 10.0. The lowest BCUT2D eigenvalue weighted by molar-refractivity contribution is 0.436. The summed E-state index contributed by atoms with van der Waals surface area (Å²) in [5, 5.41) is 4.60. The van der Waals surface area contributed by atoms with Crippen LogP contribution in [0.15, 0.2) is 64.6 Å². The van der Waals surface area contributed by atoms with Gasteiger partial charge < -0.3 is 4.42 Å². The summed E-state index contributed by atoms with van der Waals surface area (Å²) in [7, 11) is -3.07. The molecule has 2 unspecified atom stereocenters. The van der Waals surface area contributed by atoms with Crippen LogP contribution < -0.4 is 5.32 Å². The first kappa shape index (κ1) is 13.1. The van der Waals surface area contributed by atoms with Crippen molar-refractivity contribution in [3.8, 4) is 0 Å². The number of sulfone groups is 1. The lowest BCUT2D eigenvalue weighted by Gasteiger charge is -2.20. The van der Waals surface area contributed by atoms with Crippen LogP contribution in [0, 0.1) is 0 Å². The van der Waals surface area contributed by atoms with E-state index in [0.29, 0.717) is 0 Å². The van der Waals surface area contributed by atoms with E-state index in [1.807, 2.05) is 42.5 Å². The maximum atomic E-state index is 11.5. The molecule has 1 N–H and O–H groups in total. The molecule has 1 aromatic carbocycles. The van der Waals surface area contributed by atoms with Crippen LogP contribution in [0.4, 0.5) is 0 Å². The third-order valence-corrected chi connectivity index (χ3v) is 4.67. The average molecular weight is 289 g/mol. The number of furan rings is 1. The van der Waals surface area contributed by atoms with Crippen molar-refractivity contribution in [1.29, 1.82) is 0 Å². The molecular weight excluding hydrogens is 274 g/mol. The predicted octanol–water partition coefficient (Wildman–Crippen LogP) is 2.27. The van der Waals surface area contributed by atoms with Crippen molar-refractivity contribution in [2.75, 3.05) is 5.75 Å². The highest BCUT2D eigenvalue weighted by atomic mass is 32.2. The van der Waals surface area contributed by atoms with Crippen molar-refractivity contribution in [3.05, 3.63) is 71.5 Å². The maximum Gasteiger partial charge on any atom is 0.173 e. The Labute approximate surface area is 118 Å². The Balaban J connectivity index is 1.86. The van der Waals surface area contributed by atoms with Gasteiger partial charge in [-0.15, -0.1) is 0 Å². The van der Waals surface area contributed by atoms with Crippen LogP contribution in [-0.2, 0) is 9.84 Å². The first-order valence-electron chi connectivity index (χ1n) is 6.39. The predicted molar refractivity (Wildman–Crippen MR) is 76.8 cm³/mol. The van der Waals surface area contributed by atoms with Crippen molar-refractivity contribution in [2.24, 2.45) is 0 Å². The van der Waals surface area contributed by atoms with Gasteiger partial charge >= 0.3 is 0 Å². The van der Waals surface area contributed by atoms with E-state index in [1.165, 1.54) is 5.41 Å². The number of hydrogen-bond acceptors (Lipinski definition) is 4. The molecule has 4 nitrogen and oxygen atoms in total. The van der Waals surface area contributed by atoms with E-state index in [0.717, 1.165) is 11.3 Å². The first-order valence-corrected chi connectivity index (χ1v) is 8.11. The fraction of sp³-hybridized carbons (Fsp3) is 0.200. The number of nitrogens with one attached hydrogen (secondary N) is 1. The van der Waals surface area contributed by atoms with Gasteiger partial charge in [-0.05, 0) is 17.7 Å². The second-order valence-electron chi connectivity index (χ2n) is 4.79. The molecule has 0 saturated carbocycles. The highest BCUT2D eigenvalue weighted by Gasteiger charge is 2.26.